The van der Waals surface area contributed by atoms with E-state index in [2.05, 4.69) is 10.2 Å². The topological polar surface area (TPSA) is 55.3 Å². The van der Waals surface area contributed by atoms with Crippen molar-refractivity contribution in [3.63, 3.8) is 0 Å². The van der Waals surface area contributed by atoms with E-state index in [1.807, 2.05) is 31.2 Å². The standard InChI is InChI=1S/C16H19N3O2S2/c1-11-4-3-5-14(10-11)21-8-9-22-16-18-17-15(23-16)19(12(2)20)13-6-7-13/h3-5,10,13H,6-9H2,1-2H3. The molecule has 1 aliphatic rings. The SMILES string of the molecule is CC(=O)N(c1nnc(SCCOc2cccc(C)c2)s1)C1CC1. The summed E-state index contributed by atoms with van der Waals surface area (Å²) < 4.78 is 6.60. The van der Waals surface area contributed by atoms with Crippen LogP contribution in [0.4, 0.5) is 5.13 Å². The number of hydrogen-bond acceptors (Lipinski definition) is 6. The van der Waals surface area contributed by atoms with Crippen molar-refractivity contribution in [3.8, 4) is 5.75 Å². The Hall–Kier alpha value is -1.60. The van der Waals surface area contributed by atoms with E-state index in [-0.39, 0.29) is 5.91 Å². The number of aromatic nitrogens is 2. The summed E-state index contributed by atoms with van der Waals surface area (Å²) >= 11 is 3.08. The molecule has 2 aromatic rings. The number of hydrogen-bond donors (Lipinski definition) is 0. The van der Waals surface area contributed by atoms with Gasteiger partial charge in [0.2, 0.25) is 11.0 Å². The molecule has 0 unspecified atom stereocenters. The maximum Gasteiger partial charge on any atom is 0.225 e. The first-order valence-electron chi connectivity index (χ1n) is 7.59. The number of thioether (sulfide) groups is 1. The number of rotatable bonds is 7. The van der Waals surface area contributed by atoms with Gasteiger partial charge in [0.25, 0.3) is 0 Å². The number of nitrogens with zero attached hydrogens (tertiary/aromatic N) is 3. The van der Waals surface area contributed by atoms with Crippen molar-refractivity contribution in [1.82, 2.24) is 10.2 Å². The average molecular weight is 349 g/mol. The third-order valence-corrected chi connectivity index (χ3v) is 5.44. The first kappa shape index (κ1) is 16.3. The van der Waals surface area contributed by atoms with Crippen molar-refractivity contribution < 1.29 is 9.53 Å². The second-order valence-electron chi connectivity index (χ2n) is 5.48. The predicted octanol–water partition coefficient (Wildman–Crippen LogP) is 3.53. The minimum atomic E-state index is 0.0444. The van der Waals surface area contributed by atoms with Crippen LogP contribution in [0.15, 0.2) is 28.6 Å². The molecule has 1 amide bonds. The van der Waals surface area contributed by atoms with Crippen molar-refractivity contribution in [2.45, 2.75) is 37.1 Å². The molecular weight excluding hydrogens is 330 g/mol. The van der Waals surface area contributed by atoms with Crippen LogP contribution in [-0.2, 0) is 4.79 Å². The van der Waals surface area contributed by atoms with Crippen LogP contribution in [0.3, 0.4) is 0 Å². The number of ether oxygens (including phenoxy) is 1. The quantitative estimate of drug-likeness (QED) is 0.435. The third kappa shape index (κ3) is 4.45. The fourth-order valence-corrected chi connectivity index (χ4v) is 4.08. The number of carbonyl (C=O) groups excluding carboxylic acids is 1. The number of anilines is 1. The Morgan fingerprint density at radius 3 is 2.96 bits per heavy atom. The van der Waals surface area contributed by atoms with Gasteiger partial charge in [-0.1, -0.05) is 35.2 Å². The summed E-state index contributed by atoms with van der Waals surface area (Å²) in [6.07, 6.45) is 2.12. The first-order valence-corrected chi connectivity index (χ1v) is 9.39. The van der Waals surface area contributed by atoms with Gasteiger partial charge in [0.1, 0.15) is 5.75 Å². The lowest BCUT2D eigenvalue weighted by Gasteiger charge is -2.15. The maximum absolute atomic E-state index is 11.7. The molecule has 0 N–H and O–H groups in total. The van der Waals surface area contributed by atoms with Gasteiger partial charge in [-0.2, -0.15) is 0 Å². The van der Waals surface area contributed by atoms with Crippen molar-refractivity contribution in [1.29, 1.82) is 0 Å². The Morgan fingerprint density at radius 2 is 2.26 bits per heavy atom. The summed E-state index contributed by atoms with van der Waals surface area (Å²) in [7, 11) is 0. The van der Waals surface area contributed by atoms with Gasteiger partial charge < -0.3 is 4.74 Å². The second kappa shape index (κ2) is 7.31. The molecule has 5 nitrogen and oxygen atoms in total. The van der Waals surface area contributed by atoms with E-state index in [4.69, 9.17) is 4.74 Å². The van der Waals surface area contributed by atoms with Crippen LogP contribution in [-0.4, -0.2) is 34.5 Å². The molecule has 3 rings (SSSR count). The molecule has 0 radical (unpaired) electrons. The molecule has 0 atom stereocenters. The van der Waals surface area contributed by atoms with Crippen LogP contribution in [0.25, 0.3) is 0 Å². The van der Waals surface area contributed by atoms with Gasteiger partial charge in [-0.3, -0.25) is 9.69 Å². The molecule has 23 heavy (non-hydrogen) atoms. The average Bonchev–Trinajstić information content (AvgIpc) is 3.22. The molecule has 1 aromatic heterocycles. The Balaban J connectivity index is 1.48. The molecule has 0 aliphatic heterocycles. The smallest absolute Gasteiger partial charge is 0.225 e. The highest BCUT2D eigenvalue weighted by atomic mass is 32.2. The first-order chi connectivity index (χ1) is 11.1. The van der Waals surface area contributed by atoms with Crippen molar-refractivity contribution >= 4 is 34.1 Å². The van der Waals surface area contributed by atoms with Gasteiger partial charge in [-0.05, 0) is 37.5 Å². The lowest BCUT2D eigenvalue weighted by Crippen LogP contribution is -2.30. The van der Waals surface area contributed by atoms with Crippen LogP contribution in [0.1, 0.15) is 25.3 Å². The molecule has 1 heterocycles. The Morgan fingerprint density at radius 1 is 1.43 bits per heavy atom. The summed E-state index contributed by atoms with van der Waals surface area (Å²) in [4.78, 5) is 13.5. The van der Waals surface area contributed by atoms with E-state index in [0.717, 1.165) is 28.7 Å². The van der Waals surface area contributed by atoms with Crippen LogP contribution in [0, 0.1) is 6.92 Å². The molecule has 0 saturated heterocycles. The summed E-state index contributed by atoms with van der Waals surface area (Å²) in [5.41, 5.74) is 1.19. The van der Waals surface area contributed by atoms with E-state index in [1.54, 1.807) is 23.6 Å². The van der Waals surface area contributed by atoms with Gasteiger partial charge in [-0.25, -0.2) is 0 Å². The minimum Gasteiger partial charge on any atom is -0.493 e. The highest BCUT2D eigenvalue weighted by Gasteiger charge is 2.34. The van der Waals surface area contributed by atoms with Crippen molar-refractivity contribution in [2.24, 2.45) is 0 Å². The van der Waals surface area contributed by atoms with Gasteiger partial charge >= 0.3 is 0 Å². The van der Waals surface area contributed by atoms with Gasteiger partial charge in [0, 0.05) is 18.7 Å². The molecule has 122 valence electrons. The minimum absolute atomic E-state index is 0.0444. The Bertz CT molecular complexity index is 685. The largest absolute Gasteiger partial charge is 0.493 e. The van der Waals surface area contributed by atoms with E-state index in [1.165, 1.54) is 16.9 Å². The number of aryl methyl sites for hydroxylation is 1. The monoisotopic (exact) mass is 349 g/mol. The summed E-state index contributed by atoms with van der Waals surface area (Å²) in [6, 6.07) is 8.34. The lowest BCUT2D eigenvalue weighted by atomic mass is 10.2. The van der Waals surface area contributed by atoms with E-state index in [0.29, 0.717) is 17.8 Å². The second-order valence-corrected chi connectivity index (χ2v) is 7.78. The lowest BCUT2D eigenvalue weighted by molar-refractivity contribution is -0.116. The zero-order chi connectivity index (χ0) is 16.2. The molecule has 1 aromatic carbocycles. The Kier molecular flexibility index (Phi) is 5.17. The van der Waals surface area contributed by atoms with Gasteiger partial charge in [0.15, 0.2) is 4.34 Å². The summed E-state index contributed by atoms with van der Waals surface area (Å²) in [5, 5.41) is 9.04. The van der Waals surface area contributed by atoms with Gasteiger partial charge in [0.05, 0.1) is 6.61 Å². The van der Waals surface area contributed by atoms with Crippen LogP contribution >= 0.6 is 23.1 Å². The summed E-state index contributed by atoms with van der Waals surface area (Å²) in [6.45, 7) is 4.25. The van der Waals surface area contributed by atoms with Crippen LogP contribution in [0.2, 0.25) is 0 Å². The maximum atomic E-state index is 11.7. The van der Waals surface area contributed by atoms with Crippen molar-refractivity contribution in [3.05, 3.63) is 29.8 Å². The highest BCUT2D eigenvalue weighted by Crippen LogP contribution is 2.35. The number of amides is 1. The summed E-state index contributed by atoms with van der Waals surface area (Å²) in [5.74, 6) is 1.73. The highest BCUT2D eigenvalue weighted by molar-refractivity contribution is 8.01. The van der Waals surface area contributed by atoms with Crippen LogP contribution < -0.4 is 9.64 Å². The number of carbonyl (C=O) groups is 1. The van der Waals surface area contributed by atoms with E-state index >= 15 is 0 Å². The van der Waals surface area contributed by atoms with E-state index < -0.39 is 0 Å². The number of benzene rings is 1. The molecule has 1 aliphatic carbocycles. The third-order valence-electron chi connectivity index (χ3n) is 3.42. The van der Waals surface area contributed by atoms with Crippen LogP contribution in [0.5, 0.6) is 5.75 Å². The fraction of sp³-hybridized carbons (Fsp3) is 0.438. The molecule has 1 fully saturated rings. The Labute approximate surface area is 144 Å². The molecule has 7 heteroatoms. The molecule has 0 spiro atoms. The van der Waals surface area contributed by atoms with Crippen molar-refractivity contribution in [2.75, 3.05) is 17.3 Å². The molecule has 0 bridgehead atoms. The normalized spacial score (nSPS) is 13.8. The zero-order valence-electron chi connectivity index (χ0n) is 13.2. The zero-order valence-corrected chi connectivity index (χ0v) is 14.8. The predicted molar refractivity (Wildman–Crippen MR) is 93.5 cm³/mol. The molecule has 1 saturated carbocycles. The van der Waals surface area contributed by atoms with E-state index in [9.17, 15) is 4.79 Å². The van der Waals surface area contributed by atoms with Gasteiger partial charge in [-0.15, -0.1) is 10.2 Å². The fourth-order valence-electron chi connectivity index (χ4n) is 2.23. The molecular formula is C16H19N3O2S2.